The van der Waals surface area contributed by atoms with Crippen LogP contribution in [0.3, 0.4) is 0 Å². The minimum absolute atomic E-state index is 0.132. The number of rotatable bonds is 9. The molecule has 6 nitrogen and oxygen atoms in total. The molecule has 1 heterocycles. The highest BCUT2D eigenvalue weighted by molar-refractivity contribution is 5.69. The Bertz CT molecular complexity index is 1330. The Balaban J connectivity index is 1.29. The predicted octanol–water partition coefficient (Wildman–Crippen LogP) is 6.57. The first-order valence-electron chi connectivity index (χ1n) is 12.5. The topological polar surface area (TPSA) is 77.8 Å². The van der Waals surface area contributed by atoms with Gasteiger partial charge >= 0.3 is 5.97 Å². The van der Waals surface area contributed by atoms with Crippen molar-refractivity contribution in [2.75, 3.05) is 13.7 Å². The number of fused-ring (bicyclic) bond motifs is 2. The van der Waals surface area contributed by atoms with Crippen LogP contribution in [0.2, 0.25) is 0 Å². The van der Waals surface area contributed by atoms with Gasteiger partial charge in [0.05, 0.1) is 19.8 Å². The molecule has 3 aromatic carbocycles. The van der Waals surface area contributed by atoms with Crippen molar-refractivity contribution < 1.29 is 28.1 Å². The SMILES string of the molecule is COC(=O)CC[C@@H]1COc2cc(O[C@@H]3CCc4c(Oc5ccc(CCC#N)cc5)ccc(F)c43)ccc21. The molecule has 1 aliphatic carbocycles. The second-order valence-corrected chi connectivity index (χ2v) is 9.31. The third kappa shape index (κ3) is 5.39. The van der Waals surface area contributed by atoms with E-state index in [-0.39, 0.29) is 17.7 Å². The Morgan fingerprint density at radius 3 is 2.73 bits per heavy atom. The molecule has 190 valence electrons. The molecular weight excluding hydrogens is 473 g/mol. The maximum absolute atomic E-state index is 15.0. The lowest BCUT2D eigenvalue weighted by Crippen LogP contribution is -2.06. The first-order chi connectivity index (χ1) is 18.1. The molecule has 0 radical (unpaired) electrons. The minimum atomic E-state index is -0.429. The zero-order chi connectivity index (χ0) is 25.8. The van der Waals surface area contributed by atoms with Gasteiger partial charge in [0.2, 0.25) is 0 Å². The Morgan fingerprint density at radius 2 is 1.95 bits per heavy atom. The molecule has 37 heavy (non-hydrogen) atoms. The highest BCUT2D eigenvalue weighted by atomic mass is 19.1. The largest absolute Gasteiger partial charge is 0.493 e. The van der Waals surface area contributed by atoms with Crippen LogP contribution >= 0.6 is 0 Å². The lowest BCUT2D eigenvalue weighted by Gasteiger charge is -2.17. The van der Waals surface area contributed by atoms with Crippen molar-refractivity contribution in [2.45, 2.75) is 50.5 Å². The minimum Gasteiger partial charge on any atom is -0.493 e. The molecule has 0 unspecified atom stereocenters. The third-order valence-corrected chi connectivity index (χ3v) is 6.98. The zero-order valence-electron chi connectivity index (χ0n) is 20.7. The number of methoxy groups -OCH3 is 1. The van der Waals surface area contributed by atoms with Crippen LogP contribution in [-0.2, 0) is 22.4 Å². The van der Waals surface area contributed by atoms with E-state index in [2.05, 4.69) is 6.07 Å². The maximum atomic E-state index is 15.0. The van der Waals surface area contributed by atoms with Gasteiger partial charge in [0, 0.05) is 41.5 Å². The summed E-state index contributed by atoms with van der Waals surface area (Å²) in [7, 11) is 1.39. The van der Waals surface area contributed by atoms with Crippen LogP contribution in [0.5, 0.6) is 23.0 Å². The van der Waals surface area contributed by atoms with Gasteiger partial charge in [-0.3, -0.25) is 4.79 Å². The molecule has 5 rings (SSSR count). The van der Waals surface area contributed by atoms with E-state index >= 15 is 0 Å². The summed E-state index contributed by atoms with van der Waals surface area (Å²) in [5.41, 5.74) is 3.46. The number of carbonyl (C=O) groups is 1. The summed E-state index contributed by atoms with van der Waals surface area (Å²) < 4.78 is 37.9. The number of aryl methyl sites for hydroxylation is 1. The van der Waals surface area contributed by atoms with Gasteiger partial charge in [-0.25, -0.2) is 4.39 Å². The highest BCUT2D eigenvalue weighted by Crippen LogP contribution is 2.44. The van der Waals surface area contributed by atoms with E-state index in [4.69, 9.17) is 24.2 Å². The fourth-order valence-electron chi connectivity index (χ4n) is 5.03. The Labute approximate surface area is 215 Å². The van der Waals surface area contributed by atoms with Crippen LogP contribution in [0.4, 0.5) is 4.39 Å². The molecule has 0 saturated heterocycles. The van der Waals surface area contributed by atoms with Gasteiger partial charge < -0.3 is 18.9 Å². The van der Waals surface area contributed by atoms with Crippen molar-refractivity contribution in [1.82, 2.24) is 0 Å². The van der Waals surface area contributed by atoms with Crippen molar-refractivity contribution >= 4 is 5.97 Å². The van der Waals surface area contributed by atoms with E-state index in [9.17, 15) is 9.18 Å². The predicted molar refractivity (Wildman–Crippen MR) is 134 cm³/mol. The summed E-state index contributed by atoms with van der Waals surface area (Å²) in [5, 5.41) is 8.76. The van der Waals surface area contributed by atoms with Crippen molar-refractivity contribution in [2.24, 2.45) is 0 Å². The number of halogens is 1. The molecule has 0 fully saturated rings. The molecule has 0 aromatic heterocycles. The quantitative estimate of drug-likeness (QED) is 0.309. The average Bonchev–Trinajstić information content (AvgIpc) is 3.53. The summed E-state index contributed by atoms with van der Waals surface area (Å²) in [4.78, 5) is 11.5. The first kappa shape index (κ1) is 24.6. The number of carbonyl (C=O) groups excluding carboxylic acids is 1. The first-order valence-corrected chi connectivity index (χ1v) is 12.5. The molecule has 7 heteroatoms. The van der Waals surface area contributed by atoms with Gasteiger partial charge in [-0.15, -0.1) is 0 Å². The van der Waals surface area contributed by atoms with Gasteiger partial charge in [-0.2, -0.15) is 5.26 Å². The zero-order valence-corrected chi connectivity index (χ0v) is 20.7. The van der Waals surface area contributed by atoms with Crippen LogP contribution in [0.1, 0.15) is 60.0 Å². The summed E-state index contributed by atoms with van der Waals surface area (Å²) in [6, 6.07) is 18.6. The van der Waals surface area contributed by atoms with Gasteiger partial charge in [0.25, 0.3) is 0 Å². The fraction of sp³-hybridized carbons (Fsp3) is 0.333. The number of hydrogen-bond acceptors (Lipinski definition) is 6. The normalized spacial score (nSPS) is 17.3. The van der Waals surface area contributed by atoms with E-state index in [0.29, 0.717) is 67.9 Å². The number of ether oxygens (including phenoxy) is 4. The molecular formula is C30H28FNO5. The summed E-state index contributed by atoms with van der Waals surface area (Å²) >= 11 is 0. The number of benzene rings is 3. The van der Waals surface area contributed by atoms with Gasteiger partial charge in [-0.1, -0.05) is 18.2 Å². The van der Waals surface area contributed by atoms with E-state index in [1.165, 1.54) is 13.2 Å². The number of nitrogens with zero attached hydrogens (tertiary/aromatic N) is 1. The Morgan fingerprint density at radius 1 is 1.14 bits per heavy atom. The lowest BCUT2D eigenvalue weighted by molar-refractivity contribution is -0.140. The van der Waals surface area contributed by atoms with Crippen LogP contribution in [0, 0.1) is 17.1 Å². The molecule has 2 atom stereocenters. The highest BCUT2D eigenvalue weighted by Gasteiger charge is 2.32. The summed E-state index contributed by atoms with van der Waals surface area (Å²) in [6.45, 7) is 0.511. The molecule has 0 saturated carbocycles. The third-order valence-electron chi connectivity index (χ3n) is 6.98. The van der Waals surface area contributed by atoms with Crippen LogP contribution < -0.4 is 14.2 Å². The lowest BCUT2D eigenvalue weighted by atomic mass is 9.96. The van der Waals surface area contributed by atoms with E-state index in [1.807, 2.05) is 42.5 Å². The van der Waals surface area contributed by atoms with Gasteiger partial charge in [0.15, 0.2) is 0 Å². The van der Waals surface area contributed by atoms with E-state index in [1.54, 1.807) is 6.07 Å². The Kier molecular flexibility index (Phi) is 7.27. The smallest absolute Gasteiger partial charge is 0.305 e. The van der Waals surface area contributed by atoms with Crippen molar-refractivity contribution in [3.05, 3.63) is 82.7 Å². The molecule has 2 aliphatic rings. The van der Waals surface area contributed by atoms with E-state index < -0.39 is 6.10 Å². The van der Waals surface area contributed by atoms with Crippen molar-refractivity contribution in [1.29, 1.82) is 5.26 Å². The summed E-state index contributed by atoms with van der Waals surface area (Å²) in [5.74, 6) is 2.23. The number of hydrogen-bond donors (Lipinski definition) is 0. The molecule has 0 amide bonds. The average molecular weight is 502 g/mol. The fourth-order valence-corrected chi connectivity index (χ4v) is 5.03. The molecule has 0 spiro atoms. The van der Waals surface area contributed by atoms with Crippen molar-refractivity contribution in [3.63, 3.8) is 0 Å². The second-order valence-electron chi connectivity index (χ2n) is 9.31. The standard InChI is InChI=1S/C30H28FNO5/c1-34-29(33)15-6-20-18-35-28-17-22(9-10-23(20)28)37-27-13-11-24-26(14-12-25(31)30(24)27)36-21-7-4-19(5-8-21)3-2-16-32/h4-5,7-10,12,14,17,20,27H,2-3,6,11,13,15,18H2,1H3/t20-,27-/m1/s1. The Hall–Kier alpha value is -4.05. The van der Waals surface area contributed by atoms with Crippen LogP contribution in [-0.4, -0.2) is 19.7 Å². The molecule has 0 bridgehead atoms. The second kappa shape index (κ2) is 10.9. The van der Waals surface area contributed by atoms with Crippen LogP contribution in [0.15, 0.2) is 54.6 Å². The van der Waals surface area contributed by atoms with Gasteiger partial charge in [0.1, 0.15) is 34.9 Å². The monoisotopic (exact) mass is 501 g/mol. The number of esters is 1. The molecule has 3 aromatic rings. The van der Waals surface area contributed by atoms with E-state index in [0.717, 1.165) is 22.4 Å². The van der Waals surface area contributed by atoms with Gasteiger partial charge in [-0.05, 0) is 61.6 Å². The number of nitriles is 1. The molecule has 1 aliphatic heterocycles. The van der Waals surface area contributed by atoms with Crippen LogP contribution in [0.25, 0.3) is 0 Å². The van der Waals surface area contributed by atoms with Crippen molar-refractivity contribution in [3.8, 4) is 29.1 Å². The maximum Gasteiger partial charge on any atom is 0.305 e. The summed E-state index contributed by atoms with van der Waals surface area (Å²) in [6.07, 6.45) is 3.02. The molecule has 0 N–H and O–H groups in total.